The van der Waals surface area contributed by atoms with Crippen LogP contribution in [-0.4, -0.2) is 5.66 Å². The molecule has 1 aliphatic carbocycles. The molecule has 2 heteroatoms. The molecular formula is C52H54N2. The van der Waals surface area contributed by atoms with E-state index in [1.807, 2.05) is 0 Å². The molecule has 0 aliphatic heterocycles. The van der Waals surface area contributed by atoms with Crippen molar-refractivity contribution in [2.75, 3.05) is 9.80 Å². The number of aryl methyl sites for hydroxylation is 4. The van der Waals surface area contributed by atoms with Crippen molar-refractivity contribution in [1.29, 1.82) is 0 Å². The first-order valence-corrected chi connectivity index (χ1v) is 19.9. The highest BCUT2D eigenvalue weighted by Gasteiger charge is 2.43. The van der Waals surface area contributed by atoms with E-state index in [2.05, 4.69) is 207 Å². The van der Waals surface area contributed by atoms with Gasteiger partial charge in [0.1, 0.15) is 5.66 Å². The van der Waals surface area contributed by atoms with Crippen LogP contribution in [0, 0.1) is 13.8 Å². The molecule has 2 nitrogen and oxygen atoms in total. The largest absolute Gasteiger partial charge is 0.314 e. The fraction of sp³-hybridized carbons (Fsp3) is 0.231. The standard InChI is InChI=1S/C52H54N2/c1-5-7-16-42-22-30-48(31-23-42)53(50-20-12-14-40(3)38-50)52(36-34-47(35-37-52)46-28-26-45(27-29-46)44-18-10-9-11-19-44)54(51-21-13-15-41(4)39-51)49-32-24-43(25-33-49)17-8-6-2/h9-15,18-36,38-39H,5-8,16-17,37H2,1-4H3. The Morgan fingerprint density at radius 1 is 0.481 bits per heavy atom. The van der Waals surface area contributed by atoms with Crippen LogP contribution in [0.3, 0.4) is 0 Å². The molecule has 6 aromatic rings. The van der Waals surface area contributed by atoms with E-state index >= 15 is 0 Å². The summed E-state index contributed by atoms with van der Waals surface area (Å²) in [6.07, 6.45) is 15.0. The predicted octanol–water partition coefficient (Wildman–Crippen LogP) is 14.4. The van der Waals surface area contributed by atoms with Gasteiger partial charge >= 0.3 is 0 Å². The van der Waals surface area contributed by atoms with Crippen molar-refractivity contribution in [3.63, 3.8) is 0 Å². The third-order valence-corrected chi connectivity index (χ3v) is 10.8. The molecule has 0 radical (unpaired) electrons. The SMILES string of the molecule is CCCCc1ccc(N(c2cccc(C)c2)C2(N(c3ccc(CCCC)cc3)c3cccc(C)c3)C=CC(c3ccc(-c4ccccc4)cc3)=CC2)cc1. The maximum absolute atomic E-state index is 2.58. The lowest BCUT2D eigenvalue weighted by Crippen LogP contribution is -2.57. The Kier molecular flexibility index (Phi) is 11.6. The molecule has 0 bridgehead atoms. The van der Waals surface area contributed by atoms with E-state index in [0.717, 1.165) is 19.3 Å². The van der Waals surface area contributed by atoms with Crippen molar-refractivity contribution in [3.05, 3.63) is 198 Å². The first-order valence-electron chi connectivity index (χ1n) is 19.9. The first-order chi connectivity index (χ1) is 26.5. The molecule has 0 saturated heterocycles. The number of rotatable bonds is 14. The molecule has 0 atom stereocenters. The van der Waals surface area contributed by atoms with Crippen LogP contribution in [0.4, 0.5) is 22.7 Å². The highest BCUT2D eigenvalue weighted by Crippen LogP contribution is 2.47. The molecule has 0 unspecified atom stereocenters. The molecule has 0 saturated carbocycles. The zero-order valence-corrected chi connectivity index (χ0v) is 32.5. The minimum atomic E-state index is -0.620. The van der Waals surface area contributed by atoms with Crippen molar-refractivity contribution in [2.24, 2.45) is 0 Å². The first kappa shape index (κ1) is 36.7. The Morgan fingerprint density at radius 2 is 0.963 bits per heavy atom. The minimum absolute atomic E-state index is 0.620. The van der Waals surface area contributed by atoms with Crippen LogP contribution in [0.25, 0.3) is 16.7 Å². The lowest BCUT2D eigenvalue weighted by Gasteiger charge is -2.52. The van der Waals surface area contributed by atoms with E-state index in [0.29, 0.717) is 0 Å². The summed E-state index contributed by atoms with van der Waals surface area (Å²) in [6.45, 7) is 8.93. The lowest BCUT2D eigenvalue weighted by molar-refractivity contribution is 0.526. The van der Waals surface area contributed by atoms with Gasteiger partial charge in [0.15, 0.2) is 0 Å². The number of nitrogens with zero attached hydrogens (tertiary/aromatic N) is 2. The molecule has 1 aliphatic rings. The van der Waals surface area contributed by atoms with Gasteiger partial charge < -0.3 is 9.80 Å². The van der Waals surface area contributed by atoms with E-state index in [-0.39, 0.29) is 0 Å². The van der Waals surface area contributed by atoms with Gasteiger partial charge in [-0.05, 0) is 139 Å². The monoisotopic (exact) mass is 706 g/mol. The number of benzene rings is 6. The molecule has 7 rings (SSSR count). The van der Waals surface area contributed by atoms with E-state index in [1.165, 1.54) is 93.0 Å². The summed E-state index contributed by atoms with van der Waals surface area (Å²) in [7, 11) is 0. The summed E-state index contributed by atoms with van der Waals surface area (Å²) in [6, 6.07) is 56.4. The summed E-state index contributed by atoms with van der Waals surface area (Å²) < 4.78 is 0. The third kappa shape index (κ3) is 8.14. The quantitative estimate of drug-likeness (QED) is 0.104. The summed E-state index contributed by atoms with van der Waals surface area (Å²) in [5.41, 5.74) is 14.2. The molecule has 0 fully saturated rings. The van der Waals surface area contributed by atoms with Crippen molar-refractivity contribution in [3.8, 4) is 11.1 Å². The Labute approximate surface area is 324 Å². The molecule has 0 heterocycles. The second-order valence-corrected chi connectivity index (χ2v) is 14.9. The Morgan fingerprint density at radius 3 is 1.41 bits per heavy atom. The van der Waals surface area contributed by atoms with Gasteiger partial charge in [-0.3, -0.25) is 0 Å². The normalized spacial score (nSPS) is 13.4. The minimum Gasteiger partial charge on any atom is -0.314 e. The maximum atomic E-state index is 2.58. The highest BCUT2D eigenvalue weighted by molar-refractivity contribution is 5.83. The number of hydrogen-bond donors (Lipinski definition) is 0. The molecule has 0 aromatic heterocycles. The average molecular weight is 707 g/mol. The van der Waals surface area contributed by atoms with Crippen molar-refractivity contribution >= 4 is 28.3 Å². The summed E-state index contributed by atoms with van der Waals surface area (Å²) in [5, 5.41) is 0. The Balaban J connectivity index is 1.40. The van der Waals surface area contributed by atoms with Gasteiger partial charge in [-0.25, -0.2) is 0 Å². The highest BCUT2D eigenvalue weighted by atomic mass is 15.4. The average Bonchev–Trinajstić information content (AvgIpc) is 3.21. The zero-order valence-electron chi connectivity index (χ0n) is 32.5. The van der Waals surface area contributed by atoms with Crippen LogP contribution in [0.15, 0.2) is 170 Å². The van der Waals surface area contributed by atoms with Crippen molar-refractivity contribution in [2.45, 2.75) is 78.3 Å². The summed E-state index contributed by atoms with van der Waals surface area (Å²) >= 11 is 0. The van der Waals surface area contributed by atoms with E-state index in [1.54, 1.807) is 0 Å². The zero-order chi connectivity index (χ0) is 37.3. The number of unbranched alkanes of at least 4 members (excludes halogenated alkanes) is 2. The van der Waals surface area contributed by atoms with Crippen molar-refractivity contribution < 1.29 is 0 Å². The maximum Gasteiger partial charge on any atom is 0.145 e. The van der Waals surface area contributed by atoms with Gasteiger partial charge in [0.2, 0.25) is 0 Å². The predicted molar refractivity (Wildman–Crippen MR) is 233 cm³/mol. The molecular weight excluding hydrogens is 653 g/mol. The number of hydrogen-bond acceptors (Lipinski definition) is 2. The van der Waals surface area contributed by atoms with Crippen LogP contribution in [0.2, 0.25) is 0 Å². The third-order valence-electron chi connectivity index (χ3n) is 10.8. The molecule has 6 aromatic carbocycles. The second-order valence-electron chi connectivity index (χ2n) is 14.9. The van der Waals surface area contributed by atoms with Crippen molar-refractivity contribution in [1.82, 2.24) is 0 Å². The molecule has 0 amide bonds. The van der Waals surface area contributed by atoms with Crippen LogP contribution < -0.4 is 9.80 Å². The fourth-order valence-corrected chi connectivity index (χ4v) is 7.86. The molecule has 0 N–H and O–H groups in total. The van der Waals surface area contributed by atoms with Gasteiger partial charge in [0.05, 0.1) is 0 Å². The van der Waals surface area contributed by atoms with Crippen LogP contribution in [-0.2, 0) is 12.8 Å². The summed E-state index contributed by atoms with van der Waals surface area (Å²) in [5.74, 6) is 0. The lowest BCUT2D eigenvalue weighted by atomic mass is 9.87. The van der Waals surface area contributed by atoms with Crippen LogP contribution >= 0.6 is 0 Å². The van der Waals surface area contributed by atoms with E-state index in [9.17, 15) is 0 Å². The van der Waals surface area contributed by atoms with E-state index < -0.39 is 5.66 Å². The molecule has 54 heavy (non-hydrogen) atoms. The van der Waals surface area contributed by atoms with Crippen LogP contribution in [0.1, 0.15) is 73.8 Å². The number of anilines is 4. The topological polar surface area (TPSA) is 6.48 Å². The molecule has 0 spiro atoms. The van der Waals surface area contributed by atoms with Gasteiger partial charge in [-0.1, -0.05) is 142 Å². The summed E-state index contributed by atoms with van der Waals surface area (Å²) in [4.78, 5) is 5.17. The number of allylic oxidation sites excluding steroid dienone is 2. The van der Waals surface area contributed by atoms with Gasteiger partial charge in [0, 0.05) is 29.2 Å². The van der Waals surface area contributed by atoms with Gasteiger partial charge in [-0.15, -0.1) is 0 Å². The Bertz CT molecular complexity index is 2070. The van der Waals surface area contributed by atoms with Gasteiger partial charge in [0.25, 0.3) is 0 Å². The fourth-order valence-electron chi connectivity index (χ4n) is 7.86. The smallest absolute Gasteiger partial charge is 0.145 e. The van der Waals surface area contributed by atoms with Gasteiger partial charge in [-0.2, -0.15) is 0 Å². The molecule has 272 valence electrons. The van der Waals surface area contributed by atoms with E-state index in [4.69, 9.17) is 0 Å². The van der Waals surface area contributed by atoms with Crippen LogP contribution in [0.5, 0.6) is 0 Å². The second kappa shape index (κ2) is 17.0. The Hall–Kier alpha value is -5.60.